The molecule has 1 aromatic carbocycles. The lowest BCUT2D eigenvalue weighted by Crippen LogP contribution is -2.72. The number of thiocarbonyl (C=S) groups is 1. The summed E-state index contributed by atoms with van der Waals surface area (Å²) in [4.78, 5) is 12.9. The van der Waals surface area contributed by atoms with Crippen LogP contribution in [0.1, 0.15) is 21.3 Å². The maximum Gasteiger partial charge on any atom is 0.437 e. The quantitative estimate of drug-likeness (QED) is 0.417. The van der Waals surface area contributed by atoms with Gasteiger partial charge in [-0.1, -0.05) is 18.2 Å². The Labute approximate surface area is 154 Å². The number of nitrogens with one attached hydrogen (secondary N) is 2. The molecule has 0 spiro atoms. The van der Waals surface area contributed by atoms with Crippen molar-refractivity contribution in [1.29, 1.82) is 0 Å². The second-order valence-electron chi connectivity index (χ2n) is 5.71. The number of alkyl halides is 3. The highest BCUT2D eigenvalue weighted by Gasteiger charge is 2.65. The minimum absolute atomic E-state index is 0.0567. The molecule has 0 aliphatic carbocycles. The van der Waals surface area contributed by atoms with Crippen molar-refractivity contribution in [2.45, 2.75) is 17.9 Å². The second-order valence-corrected chi connectivity index (χ2v) is 7.07. The van der Waals surface area contributed by atoms with Gasteiger partial charge in [0.1, 0.15) is 11.7 Å². The lowest BCUT2D eigenvalue weighted by molar-refractivity contribution is -0.285. The molecule has 1 saturated heterocycles. The minimum Gasteiger partial charge on any atom is -0.363 e. The maximum absolute atomic E-state index is 13.7. The van der Waals surface area contributed by atoms with E-state index in [1.807, 2.05) is 0 Å². The number of ketones is 1. The predicted octanol–water partition coefficient (Wildman–Crippen LogP) is 3.16. The molecule has 3 atom stereocenters. The molecular formula is C16H12F4N2O2S2. The summed E-state index contributed by atoms with van der Waals surface area (Å²) in [5.41, 5.74) is -3.39. The van der Waals surface area contributed by atoms with Gasteiger partial charge in [-0.3, -0.25) is 4.79 Å². The Kier molecular flexibility index (Phi) is 4.76. The molecule has 3 rings (SSSR count). The zero-order chi connectivity index (χ0) is 19.1. The van der Waals surface area contributed by atoms with E-state index in [0.29, 0.717) is 0 Å². The van der Waals surface area contributed by atoms with Crippen molar-refractivity contribution in [3.05, 3.63) is 58.0 Å². The Bertz CT molecular complexity index is 824. The van der Waals surface area contributed by atoms with Crippen LogP contribution in [0, 0.1) is 11.7 Å². The van der Waals surface area contributed by atoms with Crippen LogP contribution in [0.25, 0.3) is 0 Å². The van der Waals surface area contributed by atoms with Crippen LogP contribution >= 0.6 is 23.6 Å². The normalized spacial score (nSPS) is 26.1. The number of rotatable bonds is 3. The van der Waals surface area contributed by atoms with Gasteiger partial charge in [0, 0.05) is 0 Å². The van der Waals surface area contributed by atoms with Gasteiger partial charge in [-0.25, -0.2) is 4.39 Å². The molecule has 0 saturated carbocycles. The summed E-state index contributed by atoms with van der Waals surface area (Å²) in [6, 6.07) is 6.19. The molecule has 1 aliphatic rings. The molecule has 2 aromatic rings. The van der Waals surface area contributed by atoms with Crippen LogP contribution in [0.15, 0.2) is 41.8 Å². The Morgan fingerprint density at radius 1 is 1.23 bits per heavy atom. The van der Waals surface area contributed by atoms with Gasteiger partial charge in [0.25, 0.3) is 0 Å². The first-order chi connectivity index (χ1) is 12.1. The van der Waals surface area contributed by atoms with Gasteiger partial charge < -0.3 is 15.7 Å². The molecule has 26 heavy (non-hydrogen) atoms. The minimum atomic E-state index is -5.19. The Balaban J connectivity index is 2.14. The molecule has 0 amide bonds. The average Bonchev–Trinajstić information content (AvgIpc) is 3.08. The molecule has 10 heteroatoms. The first-order valence-electron chi connectivity index (χ1n) is 7.34. The molecular weight excluding hydrogens is 392 g/mol. The molecule has 1 aliphatic heterocycles. The van der Waals surface area contributed by atoms with Crippen LogP contribution in [0.3, 0.4) is 0 Å². The van der Waals surface area contributed by atoms with E-state index in [-0.39, 0.29) is 10.4 Å². The monoisotopic (exact) mass is 404 g/mol. The van der Waals surface area contributed by atoms with E-state index < -0.39 is 40.6 Å². The molecule has 138 valence electrons. The topological polar surface area (TPSA) is 61.4 Å². The summed E-state index contributed by atoms with van der Waals surface area (Å²) in [6.45, 7) is 0. The number of benzene rings is 1. The Hall–Kier alpha value is -2.04. The summed E-state index contributed by atoms with van der Waals surface area (Å²) in [6.07, 6.45) is -5.19. The number of halogens is 4. The molecule has 1 aromatic heterocycles. The lowest BCUT2D eigenvalue weighted by Gasteiger charge is -2.46. The molecule has 1 fully saturated rings. The van der Waals surface area contributed by atoms with E-state index in [1.54, 1.807) is 10.7 Å². The summed E-state index contributed by atoms with van der Waals surface area (Å²) < 4.78 is 54.3. The number of carbonyl (C=O) groups excluding carboxylic acids is 1. The fourth-order valence-corrected chi connectivity index (χ4v) is 3.85. The van der Waals surface area contributed by atoms with Crippen LogP contribution < -0.4 is 10.6 Å². The number of hydrogen-bond donors (Lipinski definition) is 3. The largest absolute Gasteiger partial charge is 0.437 e. The fraction of sp³-hybridized carbons (Fsp3) is 0.250. The SMILES string of the molecule is O=C(c1cccs1)C1C(c2ccc(F)cc2)NC(=S)NC1(O)C(F)(F)F. The third-order valence-corrected chi connectivity index (χ3v) is 5.19. The Morgan fingerprint density at radius 3 is 2.42 bits per heavy atom. The molecule has 4 nitrogen and oxygen atoms in total. The number of Topliss-reactive ketones (excluding diaryl/α,β-unsaturated/α-hetero) is 1. The highest BCUT2D eigenvalue weighted by Crippen LogP contribution is 2.44. The van der Waals surface area contributed by atoms with Crippen LogP contribution in [0.4, 0.5) is 17.6 Å². The summed E-state index contributed by atoms with van der Waals surface area (Å²) >= 11 is 5.76. The van der Waals surface area contributed by atoms with Crippen LogP contribution in [-0.4, -0.2) is 27.9 Å². The molecule has 3 unspecified atom stereocenters. The van der Waals surface area contributed by atoms with Crippen molar-refractivity contribution in [3.8, 4) is 0 Å². The maximum atomic E-state index is 13.7. The number of hydrogen-bond acceptors (Lipinski definition) is 4. The molecule has 3 N–H and O–H groups in total. The van der Waals surface area contributed by atoms with Gasteiger partial charge in [-0.15, -0.1) is 11.3 Å². The standard InChI is InChI=1S/C16H12F4N2O2S2/c17-9-5-3-8(4-6-9)12-11(13(23)10-2-1-7-26-10)15(24,16(18,19)20)22-14(25)21-12/h1-7,11-12,24H,(H2,21,22,25). The lowest BCUT2D eigenvalue weighted by atomic mass is 9.79. The first-order valence-corrected chi connectivity index (χ1v) is 8.63. The van der Waals surface area contributed by atoms with Crippen LogP contribution in [0.5, 0.6) is 0 Å². The van der Waals surface area contributed by atoms with Crippen molar-refractivity contribution in [3.63, 3.8) is 0 Å². The molecule has 2 heterocycles. The number of aliphatic hydroxyl groups is 1. The zero-order valence-corrected chi connectivity index (χ0v) is 14.5. The van der Waals surface area contributed by atoms with Crippen LogP contribution in [0.2, 0.25) is 0 Å². The van der Waals surface area contributed by atoms with Crippen molar-refractivity contribution in [1.82, 2.24) is 10.6 Å². The van der Waals surface area contributed by atoms with Crippen molar-refractivity contribution in [2.75, 3.05) is 0 Å². The average molecular weight is 404 g/mol. The smallest absolute Gasteiger partial charge is 0.363 e. The third kappa shape index (κ3) is 3.19. The Morgan fingerprint density at radius 2 is 1.88 bits per heavy atom. The first kappa shape index (κ1) is 18.7. The van der Waals surface area contributed by atoms with Gasteiger partial charge in [-0.2, -0.15) is 13.2 Å². The third-order valence-electron chi connectivity index (χ3n) is 4.08. The van der Waals surface area contributed by atoms with Crippen LogP contribution in [-0.2, 0) is 0 Å². The van der Waals surface area contributed by atoms with E-state index in [4.69, 9.17) is 12.2 Å². The van der Waals surface area contributed by atoms with E-state index in [1.165, 1.54) is 24.3 Å². The van der Waals surface area contributed by atoms with Crippen molar-refractivity contribution >= 4 is 34.5 Å². The van der Waals surface area contributed by atoms with Gasteiger partial charge in [0.05, 0.1) is 10.9 Å². The number of carbonyl (C=O) groups is 1. The van der Waals surface area contributed by atoms with E-state index in [9.17, 15) is 27.5 Å². The summed E-state index contributed by atoms with van der Waals surface area (Å²) in [5, 5.41) is 15.9. The van der Waals surface area contributed by atoms with Gasteiger partial charge >= 0.3 is 6.18 Å². The predicted molar refractivity (Wildman–Crippen MR) is 91.2 cm³/mol. The van der Waals surface area contributed by atoms with Crippen molar-refractivity contribution < 1.29 is 27.5 Å². The fourth-order valence-electron chi connectivity index (χ4n) is 2.86. The van der Waals surface area contributed by atoms with Gasteiger partial charge in [-0.05, 0) is 41.4 Å². The van der Waals surface area contributed by atoms with E-state index in [0.717, 1.165) is 23.5 Å². The molecule has 0 radical (unpaired) electrons. The summed E-state index contributed by atoms with van der Waals surface area (Å²) in [7, 11) is 0. The zero-order valence-electron chi connectivity index (χ0n) is 12.9. The second kappa shape index (κ2) is 6.60. The number of thiophene rings is 1. The van der Waals surface area contributed by atoms with Crippen molar-refractivity contribution in [2.24, 2.45) is 5.92 Å². The highest BCUT2D eigenvalue weighted by atomic mass is 32.1. The van der Waals surface area contributed by atoms with Gasteiger partial charge in [0.15, 0.2) is 10.9 Å². The highest BCUT2D eigenvalue weighted by molar-refractivity contribution is 7.80. The van der Waals surface area contributed by atoms with Gasteiger partial charge in [0.2, 0.25) is 5.72 Å². The summed E-state index contributed by atoms with van der Waals surface area (Å²) in [5.74, 6) is -3.47. The van der Waals surface area contributed by atoms with E-state index in [2.05, 4.69) is 5.32 Å². The molecule has 0 bridgehead atoms. The van der Waals surface area contributed by atoms with E-state index >= 15 is 0 Å².